The molecule has 6 nitrogen and oxygen atoms in total. The zero-order valence-electron chi connectivity index (χ0n) is 16.1. The van der Waals surface area contributed by atoms with Crippen LogP contribution in [0.2, 0.25) is 0 Å². The van der Waals surface area contributed by atoms with Gasteiger partial charge in [0, 0.05) is 11.3 Å². The third-order valence-corrected chi connectivity index (χ3v) is 4.50. The zero-order chi connectivity index (χ0) is 20.8. The number of anilines is 1. The van der Waals surface area contributed by atoms with Crippen molar-refractivity contribution >= 4 is 28.3 Å². The molecule has 4 rings (SSSR count). The van der Waals surface area contributed by atoms with E-state index < -0.39 is 0 Å². The fourth-order valence-corrected chi connectivity index (χ4v) is 3.02. The van der Waals surface area contributed by atoms with Crippen LogP contribution in [-0.4, -0.2) is 18.4 Å². The number of hydrogen-bond acceptors (Lipinski definition) is 4. The molecule has 1 heterocycles. The third-order valence-electron chi connectivity index (χ3n) is 4.50. The van der Waals surface area contributed by atoms with Gasteiger partial charge in [0.25, 0.3) is 11.8 Å². The van der Waals surface area contributed by atoms with Gasteiger partial charge in [-0.05, 0) is 53.2 Å². The number of amides is 2. The third kappa shape index (κ3) is 4.86. The highest BCUT2D eigenvalue weighted by molar-refractivity contribution is 5.97. The van der Waals surface area contributed by atoms with Gasteiger partial charge >= 0.3 is 0 Å². The van der Waals surface area contributed by atoms with Gasteiger partial charge in [0.15, 0.2) is 6.61 Å². The quantitative estimate of drug-likeness (QED) is 0.482. The molecule has 150 valence electrons. The Hall–Kier alpha value is -4.06. The molecular weight excluding hydrogens is 380 g/mol. The second kappa shape index (κ2) is 8.96. The number of hydrogen-bond donors (Lipinski definition) is 2. The summed E-state index contributed by atoms with van der Waals surface area (Å²) in [6.45, 7) is 0.162. The van der Waals surface area contributed by atoms with Gasteiger partial charge in [-0.3, -0.25) is 9.59 Å². The Morgan fingerprint density at radius 1 is 0.867 bits per heavy atom. The molecule has 0 atom stereocenters. The van der Waals surface area contributed by atoms with Gasteiger partial charge in [0.2, 0.25) is 0 Å². The van der Waals surface area contributed by atoms with Crippen LogP contribution in [-0.2, 0) is 11.3 Å². The Bertz CT molecular complexity index is 1170. The van der Waals surface area contributed by atoms with E-state index in [0.717, 1.165) is 10.8 Å². The summed E-state index contributed by atoms with van der Waals surface area (Å²) in [6.07, 6.45) is 1.55. The Labute approximate surface area is 173 Å². The van der Waals surface area contributed by atoms with E-state index in [-0.39, 0.29) is 18.4 Å². The molecule has 0 aliphatic rings. The molecule has 0 bridgehead atoms. The predicted octanol–water partition coefficient (Wildman–Crippen LogP) is 4.38. The summed E-state index contributed by atoms with van der Waals surface area (Å²) in [5, 5.41) is 7.68. The van der Waals surface area contributed by atoms with E-state index in [9.17, 15) is 9.59 Å². The van der Waals surface area contributed by atoms with Crippen molar-refractivity contribution in [2.75, 3.05) is 11.9 Å². The maximum absolute atomic E-state index is 12.3. The van der Waals surface area contributed by atoms with Crippen molar-refractivity contribution in [2.24, 2.45) is 0 Å². The summed E-state index contributed by atoms with van der Waals surface area (Å²) in [4.78, 5) is 24.6. The van der Waals surface area contributed by atoms with E-state index in [1.165, 1.54) is 0 Å². The standard InChI is InChI=1S/C24H20N2O4/c27-23(16-30-21-11-10-17-5-1-2-6-18(17)14-21)26-20-8-3-7-19(13-20)24(28)25-15-22-9-4-12-29-22/h1-14H,15-16H2,(H,25,28)(H,26,27). The van der Waals surface area contributed by atoms with Crippen LogP contribution in [0.3, 0.4) is 0 Å². The number of carbonyl (C=O) groups excluding carboxylic acids is 2. The predicted molar refractivity (Wildman–Crippen MR) is 114 cm³/mol. The molecule has 0 fully saturated rings. The number of benzene rings is 3. The molecule has 0 aliphatic heterocycles. The van der Waals surface area contributed by atoms with Gasteiger partial charge < -0.3 is 19.8 Å². The minimum atomic E-state index is -0.309. The average Bonchev–Trinajstić information content (AvgIpc) is 3.30. The zero-order valence-corrected chi connectivity index (χ0v) is 16.1. The molecule has 4 aromatic rings. The summed E-state index contributed by atoms with van der Waals surface area (Å²) in [6, 6.07) is 23.9. The van der Waals surface area contributed by atoms with Gasteiger partial charge in [0.1, 0.15) is 11.5 Å². The van der Waals surface area contributed by atoms with Gasteiger partial charge in [-0.25, -0.2) is 0 Å². The van der Waals surface area contributed by atoms with Crippen LogP contribution in [0.15, 0.2) is 89.5 Å². The lowest BCUT2D eigenvalue weighted by atomic mass is 10.1. The van der Waals surface area contributed by atoms with Crippen molar-refractivity contribution in [2.45, 2.75) is 6.54 Å². The van der Waals surface area contributed by atoms with Gasteiger partial charge in [-0.1, -0.05) is 36.4 Å². The largest absolute Gasteiger partial charge is 0.484 e. The minimum Gasteiger partial charge on any atom is -0.484 e. The van der Waals surface area contributed by atoms with Crippen molar-refractivity contribution in [3.63, 3.8) is 0 Å². The topological polar surface area (TPSA) is 80.6 Å². The molecule has 0 radical (unpaired) electrons. The summed E-state index contributed by atoms with van der Waals surface area (Å²) in [5.41, 5.74) is 0.961. The van der Waals surface area contributed by atoms with E-state index in [1.54, 1.807) is 42.7 Å². The first-order valence-electron chi connectivity index (χ1n) is 9.49. The highest BCUT2D eigenvalue weighted by Gasteiger charge is 2.09. The Morgan fingerprint density at radius 3 is 2.57 bits per heavy atom. The summed E-state index contributed by atoms with van der Waals surface area (Å²) in [7, 11) is 0. The second-order valence-corrected chi connectivity index (χ2v) is 6.69. The SMILES string of the molecule is O=C(COc1ccc2ccccc2c1)Nc1cccc(C(=O)NCc2ccco2)c1. The molecule has 0 saturated heterocycles. The summed E-state index contributed by atoms with van der Waals surface area (Å²) >= 11 is 0. The highest BCUT2D eigenvalue weighted by atomic mass is 16.5. The van der Waals surface area contributed by atoms with Crippen molar-refractivity contribution < 1.29 is 18.7 Å². The molecule has 1 aromatic heterocycles. The lowest BCUT2D eigenvalue weighted by molar-refractivity contribution is -0.118. The number of ether oxygens (including phenoxy) is 1. The normalized spacial score (nSPS) is 10.5. The highest BCUT2D eigenvalue weighted by Crippen LogP contribution is 2.20. The van der Waals surface area contributed by atoms with Gasteiger partial charge in [0.05, 0.1) is 12.8 Å². The van der Waals surface area contributed by atoms with Crippen LogP contribution in [0.1, 0.15) is 16.1 Å². The maximum atomic E-state index is 12.3. The molecule has 0 saturated carbocycles. The first-order valence-corrected chi connectivity index (χ1v) is 9.49. The monoisotopic (exact) mass is 400 g/mol. The number of fused-ring (bicyclic) bond motifs is 1. The molecule has 6 heteroatoms. The Morgan fingerprint density at radius 2 is 1.73 bits per heavy atom. The molecule has 3 aromatic carbocycles. The van der Waals surface area contributed by atoms with Crippen LogP contribution >= 0.6 is 0 Å². The Kier molecular flexibility index (Phi) is 5.75. The molecule has 2 N–H and O–H groups in total. The molecule has 2 amide bonds. The smallest absolute Gasteiger partial charge is 0.262 e. The van der Waals surface area contributed by atoms with Gasteiger partial charge in [-0.15, -0.1) is 0 Å². The van der Waals surface area contributed by atoms with E-state index in [4.69, 9.17) is 9.15 Å². The lowest BCUT2D eigenvalue weighted by Gasteiger charge is -2.10. The summed E-state index contributed by atoms with van der Waals surface area (Å²) < 4.78 is 10.8. The maximum Gasteiger partial charge on any atom is 0.262 e. The van der Waals surface area contributed by atoms with Crippen molar-refractivity contribution in [3.05, 3.63) is 96.4 Å². The number of furan rings is 1. The van der Waals surface area contributed by atoms with E-state index in [0.29, 0.717) is 29.3 Å². The van der Waals surface area contributed by atoms with Crippen molar-refractivity contribution in [1.82, 2.24) is 5.32 Å². The number of nitrogens with one attached hydrogen (secondary N) is 2. The number of carbonyl (C=O) groups is 2. The molecule has 30 heavy (non-hydrogen) atoms. The molecule has 0 unspecified atom stereocenters. The van der Waals surface area contributed by atoms with Crippen molar-refractivity contribution in [3.8, 4) is 5.75 Å². The fourth-order valence-electron chi connectivity index (χ4n) is 3.02. The first kappa shape index (κ1) is 19.3. The molecule has 0 spiro atoms. The number of rotatable bonds is 7. The molecule has 0 aliphatic carbocycles. The van der Waals surface area contributed by atoms with Crippen LogP contribution in [0.4, 0.5) is 5.69 Å². The van der Waals surface area contributed by atoms with E-state index >= 15 is 0 Å². The van der Waals surface area contributed by atoms with Crippen LogP contribution in [0.25, 0.3) is 10.8 Å². The van der Waals surface area contributed by atoms with Crippen LogP contribution in [0, 0.1) is 0 Å². The lowest BCUT2D eigenvalue weighted by Crippen LogP contribution is -2.23. The summed E-state index contributed by atoms with van der Waals surface area (Å²) in [5.74, 6) is 0.722. The van der Waals surface area contributed by atoms with Crippen LogP contribution < -0.4 is 15.4 Å². The van der Waals surface area contributed by atoms with E-state index in [2.05, 4.69) is 10.6 Å². The van der Waals surface area contributed by atoms with E-state index in [1.807, 2.05) is 42.5 Å². The first-order chi connectivity index (χ1) is 14.7. The van der Waals surface area contributed by atoms with Gasteiger partial charge in [-0.2, -0.15) is 0 Å². The Balaban J connectivity index is 1.32. The second-order valence-electron chi connectivity index (χ2n) is 6.69. The molecular formula is C24H20N2O4. The van der Waals surface area contributed by atoms with Crippen molar-refractivity contribution in [1.29, 1.82) is 0 Å². The average molecular weight is 400 g/mol. The van der Waals surface area contributed by atoms with Crippen LogP contribution in [0.5, 0.6) is 5.75 Å². The fraction of sp³-hybridized carbons (Fsp3) is 0.0833. The minimum absolute atomic E-state index is 0.132.